The number of hydrogen-bond donors (Lipinski definition) is 1. The lowest BCUT2D eigenvalue weighted by molar-refractivity contribution is 0.608. The molecule has 0 saturated heterocycles. The number of hydrogen-bond acceptors (Lipinski definition) is 1. The van der Waals surface area contributed by atoms with Gasteiger partial charge in [-0.15, -0.1) is 0 Å². The van der Waals surface area contributed by atoms with Crippen molar-refractivity contribution in [3.8, 4) is 0 Å². The summed E-state index contributed by atoms with van der Waals surface area (Å²) in [5, 5.41) is 10.5. The quantitative estimate of drug-likeness (QED) is 0.131. The van der Waals surface area contributed by atoms with E-state index in [0.29, 0.717) is 0 Å². The van der Waals surface area contributed by atoms with E-state index in [1.165, 1.54) is 87.2 Å². The van der Waals surface area contributed by atoms with Gasteiger partial charge in [0, 0.05) is 11.1 Å². The van der Waals surface area contributed by atoms with Gasteiger partial charge in [-0.25, -0.2) is 0 Å². The standard InChI is InChI=1S/C28H29N/c1-2-3-4-5-6-7-11-21-18-20-14-10-16-23-22-15-8-12-19-13-9-17-24(25(19)22)27(26(20)23)28(21)29/h8-10,12-18H,2-7,11,29H2,1H3. The Bertz CT molecular complexity index is 1290. The number of unbranched alkanes of at least 4 members (excludes halogenated alkanes) is 5. The maximum Gasteiger partial charge on any atom is 0.0433 e. The van der Waals surface area contributed by atoms with Gasteiger partial charge in [-0.2, -0.15) is 0 Å². The Hall–Kier alpha value is -2.80. The summed E-state index contributed by atoms with van der Waals surface area (Å²) in [5.41, 5.74) is 9.16. The molecule has 0 aliphatic carbocycles. The van der Waals surface area contributed by atoms with Gasteiger partial charge in [0.25, 0.3) is 0 Å². The van der Waals surface area contributed by atoms with Gasteiger partial charge in [-0.3, -0.25) is 0 Å². The number of nitrogen functional groups attached to an aromatic ring is 1. The lowest BCUT2D eigenvalue weighted by Crippen LogP contribution is -1.99. The largest absolute Gasteiger partial charge is 0.398 e. The van der Waals surface area contributed by atoms with Crippen LogP contribution in [0.5, 0.6) is 0 Å². The van der Waals surface area contributed by atoms with Crippen LogP contribution in [-0.4, -0.2) is 0 Å². The maximum absolute atomic E-state index is 6.86. The molecule has 0 saturated carbocycles. The van der Waals surface area contributed by atoms with Crippen LogP contribution >= 0.6 is 0 Å². The molecule has 0 fully saturated rings. The van der Waals surface area contributed by atoms with Gasteiger partial charge >= 0.3 is 0 Å². The predicted molar refractivity (Wildman–Crippen MR) is 129 cm³/mol. The van der Waals surface area contributed by atoms with Crippen molar-refractivity contribution in [3.63, 3.8) is 0 Å². The first kappa shape index (κ1) is 18.2. The van der Waals surface area contributed by atoms with Crippen LogP contribution in [0.15, 0.2) is 60.7 Å². The van der Waals surface area contributed by atoms with Crippen molar-refractivity contribution in [3.05, 3.63) is 66.2 Å². The lowest BCUT2D eigenvalue weighted by atomic mass is 9.87. The summed E-state index contributed by atoms with van der Waals surface area (Å²) in [5.74, 6) is 0. The SMILES string of the molecule is CCCCCCCCc1cc2cccc3c4cccc5cccc(c(c1N)c23)c54. The molecule has 1 heteroatoms. The monoisotopic (exact) mass is 379 g/mol. The van der Waals surface area contributed by atoms with Crippen LogP contribution in [0, 0.1) is 0 Å². The maximum atomic E-state index is 6.86. The third-order valence-corrected chi connectivity index (χ3v) is 6.56. The fourth-order valence-electron chi connectivity index (χ4n) is 5.11. The Labute approximate surface area is 172 Å². The van der Waals surface area contributed by atoms with Crippen molar-refractivity contribution < 1.29 is 0 Å². The van der Waals surface area contributed by atoms with Crippen molar-refractivity contribution in [2.24, 2.45) is 0 Å². The second-order valence-corrected chi connectivity index (χ2v) is 8.46. The van der Waals surface area contributed by atoms with E-state index in [-0.39, 0.29) is 0 Å². The van der Waals surface area contributed by atoms with Gasteiger partial charge in [0.05, 0.1) is 0 Å². The van der Waals surface area contributed by atoms with Crippen LogP contribution in [0.25, 0.3) is 43.1 Å². The van der Waals surface area contributed by atoms with E-state index in [1.807, 2.05) is 0 Å². The summed E-state index contributed by atoms with van der Waals surface area (Å²) in [4.78, 5) is 0. The summed E-state index contributed by atoms with van der Waals surface area (Å²) in [6, 6.07) is 22.3. The second-order valence-electron chi connectivity index (χ2n) is 8.46. The molecule has 29 heavy (non-hydrogen) atoms. The second kappa shape index (κ2) is 7.55. The molecule has 0 unspecified atom stereocenters. The van der Waals surface area contributed by atoms with Gasteiger partial charge in [-0.05, 0) is 62.2 Å². The molecule has 0 aliphatic rings. The molecule has 5 aromatic carbocycles. The van der Waals surface area contributed by atoms with Crippen LogP contribution in [0.1, 0.15) is 51.0 Å². The van der Waals surface area contributed by atoms with Crippen LogP contribution in [-0.2, 0) is 6.42 Å². The van der Waals surface area contributed by atoms with E-state index in [4.69, 9.17) is 5.73 Å². The summed E-state index contributed by atoms with van der Waals surface area (Å²) < 4.78 is 0. The summed E-state index contributed by atoms with van der Waals surface area (Å²) in [6.07, 6.45) is 8.94. The average molecular weight is 380 g/mol. The summed E-state index contributed by atoms with van der Waals surface area (Å²) in [7, 11) is 0. The minimum Gasteiger partial charge on any atom is -0.398 e. The van der Waals surface area contributed by atoms with E-state index >= 15 is 0 Å². The summed E-state index contributed by atoms with van der Waals surface area (Å²) >= 11 is 0. The van der Waals surface area contributed by atoms with Gasteiger partial charge in [-0.1, -0.05) is 93.6 Å². The zero-order valence-electron chi connectivity index (χ0n) is 17.3. The third kappa shape index (κ3) is 3.00. The molecule has 146 valence electrons. The van der Waals surface area contributed by atoms with Gasteiger partial charge in [0.2, 0.25) is 0 Å². The molecule has 1 nitrogen and oxygen atoms in total. The molecule has 0 aliphatic heterocycles. The van der Waals surface area contributed by atoms with Crippen LogP contribution < -0.4 is 5.73 Å². The predicted octanol–water partition coefficient (Wildman–Crippen LogP) is 8.22. The first-order chi connectivity index (χ1) is 14.3. The Balaban J connectivity index is 1.68. The molecule has 0 amide bonds. The number of aryl methyl sites for hydroxylation is 1. The van der Waals surface area contributed by atoms with Crippen molar-refractivity contribution in [1.82, 2.24) is 0 Å². The molecule has 0 atom stereocenters. The molecule has 0 bridgehead atoms. The van der Waals surface area contributed by atoms with E-state index in [0.717, 1.165) is 12.1 Å². The lowest BCUT2D eigenvalue weighted by Gasteiger charge is -2.18. The summed E-state index contributed by atoms with van der Waals surface area (Å²) in [6.45, 7) is 2.27. The molecule has 0 radical (unpaired) electrons. The highest BCUT2D eigenvalue weighted by molar-refractivity contribution is 6.35. The van der Waals surface area contributed by atoms with Crippen molar-refractivity contribution in [2.75, 3.05) is 5.73 Å². The van der Waals surface area contributed by atoms with Crippen molar-refractivity contribution in [1.29, 1.82) is 0 Å². The minimum atomic E-state index is 0.987. The van der Waals surface area contributed by atoms with Crippen LogP contribution in [0.3, 0.4) is 0 Å². The Morgan fingerprint density at radius 2 is 1.24 bits per heavy atom. The Morgan fingerprint density at radius 1 is 0.621 bits per heavy atom. The fraction of sp³-hybridized carbons (Fsp3) is 0.286. The number of fused-ring (bicyclic) bond motifs is 2. The Morgan fingerprint density at radius 3 is 2.00 bits per heavy atom. The zero-order valence-corrected chi connectivity index (χ0v) is 17.3. The number of anilines is 1. The normalized spacial score (nSPS) is 12.0. The topological polar surface area (TPSA) is 26.0 Å². The number of benzene rings is 5. The van der Waals surface area contributed by atoms with Gasteiger partial charge in [0.1, 0.15) is 0 Å². The molecule has 0 heterocycles. The molecule has 0 spiro atoms. The average Bonchev–Trinajstić information content (AvgIpc) is 2.75. The van der Waals surface area contributed by atoms with Crippen molar-refractivity contribution >= 4 is 48.8 Å². The van der Waals surface area contributed by atoms with E-state index in [1.54, 1.807) is 0 Å². The zero-order chi connectivity index (χ0) is 19.8. The van der Waals surface area contributed by atoms with Gasteiger partial charge in [0.15, 0.2) is 0 Å². The van der Waals surface area contributed by atoms with E-state index in [9.17, 15) is 0 Å². The van der Waals surface area contributed by atoms with E-state index < -0.39 is 0 Å². The molecule has 0 aromatic heterocycles. The highest BCUT2D eigenvalue weighted by Crippen LogP contribution is 2.43. The Kier molecular flexibility index (Phi) is 4.75. The van der Waals surface area contributed by atoms with Crippen LogP contribution in [0.4, 0.5) is 5.69 Å². The van der Waals surface area contributed by atoms with E-state index in [2.05, 4.69) is 67.6 Å². The number of nitrogens with two attached hydrogens (primary N) is 1. The molecule has 2 N–H and O–H groups in total. The number of rotatable bonds is 7. The highest BCUT2D eigenvalue weighted by atomic mass is 14.6. The smallest absolute Gasteiger partial charge is 0.0433 e. The molecule has 5 aromatic rings. The van der Waals surface area contributed by atoms with Crippen LogP contribution in [0.2, 0.25) is 0 Å². The first-order valence-corrected chi connectivity index (χ1v) is 11.2. The molecule has 5 rings (SSSR count). The first-order valence-electron chi connectivity index (χ1n) is 11.2. The van der Waals surface area contributed by atoms with Crippen molar-refractivity contribution in [2.45, 2.75) is 51.9 Å². The molecular formula is C28H29N. The third-order valence-electron chi connectivity index (χ3n) is 6.56. The molecular weight excluding hydrogens is 350 g/mol. The fourth-order valence-corrected chi connectivity index (χ4v) is 5.11. The minimum absolute atomic E-state index is 0.987. The highest BCUT2D eigenvalue weighted by Gasteiger charge is 2.16. The van der Waals surface area contributed by atoms with Gasteiger partial charge < -0.3 is 5.73 Å².